The molecule has 0 bridgehead atoms. The van der Waals surface area contributed by atoms with Crippen LogP contribution in [0.4, 0.5) is 0 Å². The zero-order valence-electron chi connectivity index (χ0n) is 22.9. The van der Waals surface area contributed by atoms with Crippen molar-refractivity contribution in [2.24, 2.45) is 5.92 Å². The van der Waals surface area contributed by atoms with Crippen LogP contribution in [0.5, 0.6) is 0 Å². The molecule has 2 saturated heterocycles. The first-order valence-electron chi connectivity index (χ1n) is 13.1. The summed E-state index contributed by atoms with van der Waals surface area (Å²) in [5.74, 6) is -7.11. The van der Waals surface area contributed by atoms with Gasteiger partial charge in [-0.3, -0.25) is 33.6 Å². The Kier molecular flexibility index (Phi) is 13.7. The summed E-state index contributed by atoms with van der Waals surface area (Å²) < 4.78 is 0. The van der Waals surface area contributed by atoms with E-state index < -0.39 is 66.1 Å². The summed E-state index contributed by atoms with van der Waals surface area (Å²) in [5, 5.41) is 3.26. The Morgan fingerprint density at radius 2 is 1.31 bits per heavy atom. The number of nitrogens with zero attached hydrogens (tertiary/aromatic N) is 3. The molecular formula is C26H31BrN4O11. The summed E-state index contributed by atoms with van der Waals surface area (Å²) in [6.45, 7) is 0.797. The average molecular weight is 655 g/mol. The van der Waals surface area contributed by atoms with Crippen molar-refractivity contribution in [3.05, 3.63) is 23.2 Å². The van der Waals surface area contributed by atoms with Crippen LogP contribution in [0, 0.1) is 5.92 Å². The van der Waals surface area contributed by atoms with Crippen molar-refractivity contribution in [3.8, 4) is 0 Å². The number of hydroxylamine groups is 4. The topological polar surface area (TPSA) is 194 Å². The van der Waals surface area contributed by atoms with Crippen molar-refractivity contribution in [2.75, 3.05) is 19.6 Å². The molecule has 1 unspecified atom stereocenters. The number of carbonyl (C=O) groups excluding carboxylic acids is 9. The summed E-state index contributed by atoms with van der Waals surface area (Å²) in [6.07, 6.45) is 2.62. The van der Waals surface area contributed by atoms with Crippen LogP contribution in [0.1, 0.15) is 58.3 Å². The lowest BCUT2D eigenvalue weighted by molar-refractivity contribution is -0.198. The maximum absolute atomic E-state index is 13.6. The summed E-state index contributed by atoms with van der Waals surface area (Å²) >= 11 is 2.97. The molecule has 0 saturated carbocycles. The Labute approximate surface area is 249 Å². The molecule has 2 aliphatic rings. The second-order valence-electron chi connectivity index (χ2n) is 9.16. The lowest BCUT2D eigenvalue weighted by Gasteiger charge is -2.27. The highest BCUT2D eigenvalue weighted by atomic mass is 79.9. The van der Waals surface area contributed by atoms with Crippen LogP contribution in [-0.2, 0) is 52.8 Å². The number of hydrogen-bond acceptors (Lipinski definition) is 11. The van der Waals surface area contributed by atoms with Gasteiger partial charge in [0.2, 0.25) is 11.8 Å². The monoisotopic (exact) mass is 654 g/mol. The fraction of sp³-hybridized carbons (Fsp3) is 0.500. The van der Waals surface area contributed by atoms with E-state index in [2.05, 4.69) is 21.2 Å². The number of nitrogens with one attached hydrogen (secondary N) is 1. The molecule has 42 heavy (non-hydrogen) atoms. The van der Waals surface area contributed by atoms with Crippen LogP contribution in [0.15, 0.2) is 23.2 Å². The maximum atomic E-state index is 13.6. The van der Waals surface area contributed by atoms with Crippen molar-refractivity contribution in [1.29, 1.82) is 0 Å². The Bertz CT molecular complexity index is 1070. The van der Waals surface area contributed by atoms with E-state index in [-0.39, 0.29) is 63.9 Å². The second-order valence-corrected chi connectivity index (χ2v) is 9.68. The van der Waals surface area contributed by atoms with Gasteiger partial charge in [-0.2, -0.15) is 0 Å². The molecule has 15 nitrogen and oxygen atoms in total. The van der Waals surface area contributed by atoms with Crippen LogP contribution in [0.25, 0.3) is 0 Å². The molecule has 0 aromatic carbocycles. The Morgan fingerprint density at radius 3 is 1.74 bits per heavy atom. The highest BCUT2D eigenvalue weighted by molar-refractivity contribution is 9.11. The normalized spacial score (nSPS) is 16.0. The number of ketones is 1. The van der Waals surface area contributed by atoms with E-state index in [1.807, 2.05) is 0 Å². The zero-order chi connectivity index (χ0) is 31.2. The molecule has 6 amide bonds. The Hall–Kier alpha value is -4.21. The van der Waals surface area contributed by atoms with Gasteiger partial charge in [0, 0.05) is 57.8 Å². The van der Waals surface area contributed by atoms with Crippen LogP contribution in [0.3, 0.4) is 0 Å². The minimum Gasteiger partial charge on any atom is -0.352 e. The first-order valence-corrected chi connectivity index (χ1v) is 14.0. The third-order valence-electron chi connectivity index (χ3n) is 6.06. The average Bonchev–Trinajstić information content (AvgIpc) is 3.43. The lowest BCUT2D eigenvalue weighted by atomic mass is 9.99. The highest BCUT2D eigenvalue weighted by Gasteiger charge is 2.35. The molecule has 2 rings (SSSR count). The number of amides is 6. The molecule has 2 heterocycles. The number of halogens is 1. The van der Waals surface area contributed by atoms with E-state index in [1.54, 1.807) is 6.92 Å². The van der Waals surface area contributed by atoms with Crippen LogP contribution in [-0.4, -0.2) is 87.8 Å². The molecule has 0 spiro atoms. The predicted molar refractivity (Wildman–Crippen MR) is 144 cm³/mol. The summed E-state index contributed by atoms with van der Waals surface area (Å²) in [5.41, 5.74) is 0. The van der Waals surface area contributed by atoms with E-state index in [0.717, 1.165) is 11.0 Å². The third kappa shape index (κ3) is 10.6. The molecule has 0 aliphatic carbocycles. The molecule has 16 heteroatoms. The maximum Gasteiger partial charge on any atom is 0.334 e. The van der Waals surface area contributed by atoms with Gasteiger partial charge in [-0.1, -0.05) is 22.0 Å². The summed E-state index contributed by atoms with van der Waals surface area (Å²) in [6, 6.07) is 0. The standard InChI is InChI=1S/C26H31BrN4O11/c1-2-3-18(32)5-4-17(16-28-19(33)10-13-27)26(40)29(14-11-24(38)41-30-20(34)6-7-21(30)35)15-12-25(39)42-31-22(36)8-9-23(31)37/h2-3,10,13,17H,4-9,11-12,14-16H2,1H3,(H,28,33)/b3-2+,13-10+. The number of hydrogen-bond donors (Lipinski definition) is 1. The first kappa shape index (κ1) is 34.0. The van der Waals surface area contributed by atoms with Crippen LogP contribution in [0.2, 0.25) is 0 Å². The fourth-order valence-electron chi connectivity index (χ4n) is 3.89. The molecule has 2 fully saturated rings. The van der Waals surface area contributed by atoms with Crippen LogP contribution < -0.4 is 5.32 Å². The van der Waals surface area contributed by atoms with Gasteiger partial charge < -0.3 is 19.9 Å². The van der Waals surface area contributed by atoms with Crippen molar-refractivity contribution in [2.45, 2.75) is 58.3 Å². The fourth-order valence-corrected chi connectivity index (χ4v) is 4.13. The molecule has 1 atom stereocenters. The largest absolute Gasteiger partial charge is 0.352 e. The Morgan fingerprint density at radius 1 is 0.833 bits per heavy atom. The van der Waals surface area contributed by atoms with E-state index in [0.29, 0.717) is 10.1 Å². The van der Waals surface area contributed by atoms with Crippen molar-refractivity contribution < 1.29 is 52.8 Å². The smallest absolute Gasteiger partial charge is 0.334 e. The summed E-state index contributed by atoms with van der Waals surface area (Å²) in [4.78, 5) is 122. The molecule has 0 aromatic heterocycles. The van der Waals surface area contributed by atoms with Gasteiger partial charge >= 0.3 is 11.9 Å². The number of allylic oxidation sites excluding steroid dienone is 2. The molecule has 2 aliphatic heterocycles. The minimum absolute atomic E-state index is 0.0132. The van der Waals surface area contributed by atoms with Gasteiger partial charge in [0.15, 0.2) is 5.78 Å². The lowest BCUT2D eigenvalue weighted by Crippen LogP contribution is -2.44. The summed E-state index contributed by atoms with van der Waals surface area (Å²) in [7, 11) is 0. The van der Waals surface area contributed by atoms with Gasteiger partial charge in [0.1, 0.15) is 0 Å². The zero-order valence-corrected chi connectivity index (χ0v) is 24.5. The van der Waals surface area contributed by atoms with Crippen molar-refractivity contribution in [3.63, 3.8) is 0 Å². The molecule has 0 radical (unpaired) electrons. The Balaban J connectivity index is 2.16. The van der Waals surface area contributed by atoms with Gasteiger partial charge in [-0.05, 0) is 24.4 Å². The van der Waals surface area contributed by atoms with Gasteiger partial charge in [0.25, 0.3) is 23.6 Å². The number of rotatable bonds is 16. The third-order valence-corrected chi connectivity index (χ3v) is 6.32. The van der Waals surface area contributed by atoms with Gasteiger partial charge in [-0.25, -0.2) is 9.59 Å². The van der Waals surface area contributed by atoms with Crippen molar-refractivity contribution >= 4 is 69.1 Å². The first-order chi connectivity index (χ1) is 20.0. The number of carbonyl (C=O) groups is 9. The van der Waals surface area contributed by atoms with Crippen molar-refractivity contribution in [1.82, 2.24) is 20.3 Å². The van der Waals surface area contributed by atoms with Gasteiger partial charge in [0.05, 0.1) is 18.8 Å². The number of imide groups is 2. The molecule has 0 aromatic rings. The van der Waals surface area contributed by atoms with E-state index in [1.165, 1.54) is 17.1 Å². The van der Waals surface area contributed by atoms with Gasteiger partial charge in [-0.15, -0.1) is 10.1 Å². The van der Waals surface area contributed by atoms with Crippen LogP contribution >= 0.6 is 15.9 Å². The quantitative estimate of drug-likeness (QED) is 0.178. The van der Waals surface area contributed by atoms with E-state index >= 15 is 0 Å². The van der Waals surface area contributed by atoms with E-state index in [4.69, 9.17) is 9.68 Å². The SMILES string of the molecule is C/C=C/C(=O)CCC(CNC(=O)/C=C/Br)C(=O)N(CCC(=O)ON1C(=O)CCC1=O)CCC(=O)ON1C(=O)CCC1=O. The minimum atomic E-state index is -0.997. The molecule has 228 valence electrons. The molecule has 1 N–H and O–H groups in total. The second kappa shape index (κ2) is 16.9. The van der Waals surface area contributed by atoms with E-state index in [9.17, 15) is 43.2 Å². The highest BCUT2D eigenvalue weighted by Crippen LogP contribution is 2.16. The molecular weight excluding hydrogens is 624 g/mol. The predicted octanol–water partition coefficient (Wildman–Crippen LogP) is 0.376.